The summed E-state index contributed by atoms with van der Waals surface area (Å²) in [4.78, 5) is 22.2. The van der Waals surface area contributed by atoms with Gasteiger partial charge in [0.1, 0.15) is 10.0 Å². The second kappa shape index (κ2) is 10.9. The summed E-state index contributed by atoms with van der Waals surface area (Å²) in [7, 11) is -3.58. The number of nitrogens with one attached hydrogen (secondary N) is 1. The molecular formula is C28H32N4O3S3. The molecule has 2 aromatic carbocycles. The fourth-order valence-electron chi connectivity index (χ4n) is 4.82. The molecule has 0 saturated heterocycles. The predicted molar refractivity (Wildman–Crippen MR) is 157 cm³/mol. The van der Waals surface area contributed by atoms with Gasteiger partial charge in [-0.3, -0.25) is 9.69 Å². The van der Waals surface area contributed by atoms with Crippen LogP contribution in [-0.4, -0.2) is 54.2 Å². The van der Waals surface area contributed by atoms with Crippen LogP contribution in [0, 0.1) is 0 Å². The maximum Gasteiger partial charge on any atom is 0.256 e. The van der Waals surface area contributed by atoms with Crippen molar-refractivity contribution in [1.82, 2.24) is 14.2 Å². The number of nitrogens with zero attached hydrogens (tertiary/aromatic N) is 3. The highest BCUT2D eigenvalue weighted by Gasteiger charge is 2.29. The Hall–Kier alpha value is -2.63. The van der Waals surface area contributed by atoms with E-state index >= 15 is 0 Å². The van der Waals surface area contributed by atoms with Crippen molar-refractivity contribution in [2.45, 2.75) is 51.6 Å². The number of para-hydroxylation sites is 1. The van der Waals surface area contributed by atoms with Gasteiger partial charge in [0.15, 0.2) is 0 Å². The summed E-state index contributed by atoms with van der Waals surface area (Å²) in [6, 6.07) is 14.7. The van der Waals surface area contributed by atoms with E-state index in [2.05, 4.69) is 30.1 Å². The molecule has 1 aliphatic rings. The van der Waals surface area contributed by atoms with Gasteiger partial charge in [-0.25, -0.2) is 13.4 Å². The van der Waals surface area contributed by atoms with E-state index in [9.17, 15) is 13.2 Å². The van der Waals surface area contributed by atoms with Crippen LogP contribution < -0.4 is 5.32 Å². The van der Waals surface area contributed by atoms with Crippen LogP contribution in [-0.2, 0) is 23.0 Å². The van der Waals surface area contributed by atoms with Crippen LogP contribution in [0.4, 0.5) is 5.00 Å². The standard InChI is InChI=1S/C28H32N4O3S3/c1-5-32(6-2)38(34,35)20-13-11-19(12-14-20)26(33)30-28-25(27-29-22-9-7-8-10-23(22)36-27)21-15-16-31(18(3)4)17-24(21)37-28/h7-14,18H,5-6,15-17H2,1-4H3,(H,30,33). The van der Waals surface area contributed by atoms with Gasteiger partial charge in [-0.1, -0.05) is 26.0 Å². The maximum absolute atomic E-state index is 13.4. The van der Waals surface area contributed by atoms with E-state index < -0.39 is 10.0 Å². The normalized spacial score (nSPS) is 14.4. The molecule has 10 heteroatoms. The molecule has 5 rings (SSSR count). The molecule has 38 heavy (non-hydrogen) atoms. The number of hydrogen-bond acceptors (Lipinski definition) is 7. The first-order valence-corrected chi connectivity index (χ1v) is 16.0. The molecule has 200 valence electrons. The van der Waals surface area contributed by atoms with E-state index in [0.717, 1.165) is 45.3 Å². The monoisotopic (exact) mass is 568 g/mol. The minimum absolute atomic E-state index is 0.188. The second-order valence-electron chi connectivity index (χ2n) is 9.58. The first kappa shape index (κ1) is 27.0. The molecular weight excluding hydrogens is 537 g/mol. The molecule has 0 atom stereocenters. The number of anilines is 1. The lowest BCUT2D eigenvalue weighted by Gasteiger charge is -2.30. The first-order chi connectivity index (χ1) is 18.2. The molecule has 7 nitrogen and oxygen atoms in total. The van der Waals surface area contributed by atoms with E-state index in [1.54, 1.807) is 34.8 Å². The zero-order chi connectivity index (χ0) is 27.0. The number of benzene rings is 2. The topological polar surface area (TPSA) is 82.6 Å². The van der Waals surface area contributed by atoms with Gasteiger partial charge in [0.2, 0.25) is 10.0 Å². The molecule has 1 aliphatic heterocycles. The van der Waals surface area contributed by atoms with Crippen LogP contribution in [0.1, 0.15) is 48.5 Å². The average molecular weight is 569 g/mol. The van der Waals surface area contributed by atoms with Crippen molar-refractivity contribution in [2.24, 2.45) is 0 Å². The van der Waals surface area contributed by atoms with E-state index in [1.807, 2.05) is 32.0 Å². The lowest BCUT2D eigenvalue weighted by Crippen LogP contribution is -2.35. The van der Waals surface area contributed by atoms with Gasteiger partial charge >= 0.3 is 0 Å². The van der Waals surface area contributed by atoms with E-state index in [1.165, 1.54) is 26.9 Å². The van der Waals surface area contributed by atoms with Gasteiger partial charge in [-0.15, -0.1) is 22.7 Å². The number of fused-ring (bicyclic) bond motifs is 2. The Morgan fingerprint density at radius 2 is 1.79 bits per heavy atom. The Morgan fingerprint density at radius 3 is 2.45 bits per heavy atom. The van der Waals surface area contributed by atoms with E-state index in [0.29, 0.717) is 24.7 Å². The molecule has 0 unspecified atom stereocenters. The van der Waals surface area contributed by atoms with Gasteiger partial charge < -0.3 is 5.32 Å². The summed E-state index contributed by atoms with van der Waals surface area (Å²) in [5.41, 5.74) is 3.65. The van der Waals surface area contributed by atoms with Crippen molar-refractivity contribution in [1.29, 1.82) is 0 Å². The van der Waals surface area contributed by atoms with Gasteiger partial charge in [-0.05, 0) is 62.2 Å². The van der Waals surface area contributed by atoms with Crippen molar-refractivity contribution in [3.05, 3.63) is 64.5 Å². The van der Waals surface area contributed by atoms with Crippen molar-refractivity contribution in [3.8, 4) is 10.6 Å². The van der Waals surface area contributed by atoms with E-state index in [-0.39, 0.29) is 10.8 Å². The average Bonchev–Trinajstić information content (AvgIpc) is 3.49. The van der Waals surface area contributed by atoms with Crippen LogP contribution in [0.25, 0.3) is 20.8 Å². The molecule has 0 spiro atoms. The summed E-state index contributed by atoms with van der Waals surface area (Å²) in [5, 5.41) is 4.85. The highest BCUT2D eigenvalue weighted by Crippen LogP contribution is 2.46. The number of rotatable bonds is 8. The third-order valence-electron chi connectivity index (χ3n) is 7.01. The summed E-state index contributed by atoms with van der Waals surface area (Å²) in [6.07, 6.45) is 0.906. The minimum atomic E-state index is -3.58. The fraction of sp³-hybridized carbons (Fsp3) is 0.357. The minimum Gasteiger partial charge on any atom is -0.313 e. The number of carbonyl (C=O) groups is 1. The zero-order valence-electron chi connectivity index (χ0n) is 22.0. The highest BCUT2D eigenvalue weighted by molar-refractivity contribution is 7.89. The van der Waals surface area contributed by atoms with Crippen LogP contribution >= 0.6 is 22.7 Å². The number of carbonyl (C=O) groups excluding carboxylic acids is 1. The summed E-state index contributed by atoms with van der Waals surface area (Å²) in [5.74, 6) is -0.265. The third kappa shape index (κ3) is 5.03. The van der Waals surface area contributed by atoms with Crippen molar-refractivity contribution in [2.75, 3.05) is 25.0 Å². The number of sulfonamides is 1. The van der Waals surface area contributed by atoms with Crippen LogP contribution in [0.15, 0.2) is 53.4 Å². The molecule has 0 fully saturated rings. The summed E-state index contributed by atoms with van der Waals surface area (Å²) < 4.78 is 28.2. The van der Waals surface area contributed by atoms with Crippen LogP contribution in [0.2, 0.25) is 0 Å². The number of thiophene rings is 1. The second-order valence-corrected chi connectivity index (χ2v) is 13.7. The molecule has 0 bridgehead atoms. The third-order valence-corrected chi connectivity index (χ3v) is 11.3. The van der Waals surface area contributed by atoms with E-state index in [4.69, 9.17) is 4.98 Å². The molecule has 0 saturated carbocycles. The van der Waals surface area contributed by atoms with Gasteiger partial charge in [0.25, 0.3) is 5.91 Å². The Morgan fingerprint density at radius 1 is 1.08 bits per heavy atom. The van der Waals surface area contributed by atoms with Crippen molar-refractivity contribution in [3.63, 3.8) is 0 Å². The maximum atomic E-state index is 13.4. The number of hydrogen-bond donors (Lipinski definition) is 1. The molecule has 1 N–H and O–H groups in total. The highest BCUT2D eigenvalue weighted by atomic mass is 32.2. The summed E-state index contributed by atoms with van der Waals surface area (Å²) in [6.45, 7) is 10.7. The molecule has 2 aromatic heterocycles. The molecule has 0 aliphatic carbocycles. The number of amides is 1. The largest absolute Gasteiger partial charge is 0.313 e. The van der Waals surface area contributed by atoms with Crippen LogP contribution in [0.5, 0.6) is 0 Å². The SMILES string of the molecule is CCN(CC)S(=O)(=O)c1ccc(C(=O)Nc2sc3c(c2-c2nc4ccccc4s2)CCN(C(C)C)C3)cc1. The first-order valence-electron chi connectivity index (χ1n) is 12.9. The lowest BCUT2D eigenvalue weighted by atomic mass is 10.0. The van der Waals surface area contributed by atoms with Gasteiger partial charge in [-0.2, -0.15) is 4.31 Å². The summed E-state index contributed by atoms with van der Waals surface area (Å²) >= 11 is 3.26. The molecule has 0 radical (unpaired) electrons. The van der Waals surface area contributed by atoms with Gasteiger partial charge in [0.05, 0.1) is 15.1 Å². The Balaban J connectivity index is 1.48. The van der Waals surface area contributed by atoms with Crippen LogP contribution in [0.3, 0.4) is 0 Å². The Kier molecular flexibility index (Phi) is 7.70. The molecule has 3 heterocycles. The predicted octanol–water partition coefficient (Wildman–Crippen LogP) is 6.07. The lowest BCUT2D eigenvalue weighted by molar-refractivity contribution is 0.102. The fourth-order valence-corrected chi connectivity index (χ4v) is 8.66. The Labute approximate surface area is 232 Å². The zero-order valence-corrected chi connectivity index (χ0v) is 24.5. The number of aromatic nitrogens is 1. The number of thiazole rings is 1. The van der Waals surface area contributed by atoms with Crippen molar-refractivity contribution < 1.29 is 13.2 Å². The van der Waals surface area contributed by atoms with Gasteiger partial charge in [0, 0.05) is 48.2 Å². The molecule has 4 aromatic rings. The smallest absolute Gasteiger partial charge is 0.256 e. The van der Waals surface area contributed by atoms with Crippen molar-refractivity contribution >= 4 is 53.8 Å². The Bertz CT molecular complexity index is 1540. The molecule has 1 amide bonds. The quantitative estimate of drug-likeness (QED) is 0.279.